The largest absolute Gasteiger partial charge is 0.459 e. The summed E-state index contributed by atoms with van der Waals surface area (Å²) < 4.78 is 7.40. The van der Waals surface area contributed by atoms with E-state index in [9.17, 15) is 9.59 Å². The van der Waals surface area contributed by atoms with Crippen molar-refractivity contribution >= 4 is 16.9 Å². The van der Waals surface area contributed by atoms with Crippen LogP contribution in [0.2, 0.25) is 0 Å². The Hall–Kier alpha value is -3.60. The number of nitrogens with one attached hydrogen (secondary N) is 1. The van der Waals surface area contributed by atoms with E-state index in [0.717, 1.165) is 16.5 Å². The number of hydrogen-bond acceptors (Lipinski definition) is 3. The minimum atomic E-state index is -0.463. The van der Waals surface area contributed by atoms with E-state index >= 15 is 0 Å². The van der Waals surface area contributed by atoms with Crippen LogP contribution in [0.5, 0.6) is 0 Å². The van der Waals surface area contributed by atoms with Crippen LogP contribution >= 0.6 is 0 Å². The van der Waals surface area contributed by atoms with Gasteiger partial charge in [0.2, 0.25) is 0 Å². The molecule has 2 aromatic heterocycles. The third kappa shape index (κ3) is 3.40. The molecular formula is C22H18N2O3. The number of aromatic nitrogens is 1. The van der Waals surface area contributed by atoms with Crippen molar-refractivity contribution in [3.63, 3.8) is 0 Å². The van der Waals surface area contributed by atoms with Crippen LogP contribution in [0.25, 0.3) is 11.0 Å². The first kappa shape index (κ1) is 16.8. The first-order chi connectivity index (χ1) is 13.1. The van der Waals surface area contributed by atoms with Gasteiger partial charge in [0.1, 0.15) is 17.4 Å². The second-order valence-corrected chi connectivity index (χ2v) is 6.37. The molecule has 0 aliphatic carbocycles. The predicted octanol–water partition coefficient (Wildman–Crippen LogP) is 3.65. The number of hydrogen-bond donors (Lipinski definition) is 1. The van der Waals surface area contributed by atoms with Gasteiger partial charge in [-0.3, -0.25) is 9.59 Å². The summed E-state index contributed by atoms with van der Waals surface area (Å²) in [7, 11) is 1.64. The number of pyridine rings is 1. The molecule has 4 rings (SSSR count). The Morgan fingerprint density at radius 2 is 1.74 bits per heavy atom. The van der Waals surface area contributed by atoms with Crippen LogP contribution in [0.4, 0.5) is 0 Å². The molecule has 5 nitrogen and oxygen atoms in total. The van der Waals surface area contributed by atoms with Gasteiger partial charge in [0.25, 0.3) is 11.5 Å². The second kappa shape index (κ2) is 6.96. The number of rotatable bonds is 4. The van der Waals surface area contributed by atoms with Crippen LogP contribution in [-0.4, -0.2) is 10.5 Å². The first-order valence-corrected chi connectivity index (χ1v) is 8.63. The van der Waals surface area contributed by atoms with Crippen LogP contribution < -0.4 is 10.9 Å². The number of benzene rings is 2. The lowest BCUT2D eigenvalue weighted by molar-refractivity contribution is 0.0939. The molecule has 0 fully saturated rings. The maximum Gasteiger partial charge on any atom is 0.252 e. The van der Waals surface area contributed by atoms with Crippen LogP contribution in [0, 0.1) is 0 Å². The summed E-state index contributed by atoms with van der Waals surface area (Å²) in [5.41, 5.74) is 1.74. The first-order valence-electron chi connectivity index (χ1n) is 8.63. The lowest BCUT2D eigenvalue weighted by Gasteiger charge is -2.17. The van der Waals surface area contributed by atoms with Crippen LogP contribution in [0.1, 0.15) is 27.7 Å². The molecule has 1 amide bonds. The molecule has 2 aromatic carbocycles. The summed E-state index contributed by atoms with van der Waals surface area (Å²) in [4.78, 5) is 24.6. The van der Waals surface area contributed by atoms with E-state index in [1.54, 1.807) is 19.3 Å². The van der Waals surface area contributed by atoms with E-state index in [0.29, 0.717) is 11.3 Å². The van der Waals surface area contributed by atoms with Crippen molar-refractivity contribution in [3.05, 3.63) is 106 Å². The van der Waals surface area contributed by atoms with Crippen molar-refractivity contribution in [1.29, 1.82) is 0 Å². The summed E-state index contributed by atoms with van der Waals surface area (Å²) in [5.74, 6) is 0.307. The molecule has 5 heteroatoms. The average Bonchev–Trinajstić information content (AvgIpc) is 3.12. The van der Waals surface area contributed by atoms with Crippen LogP contribution in [0.15, 0.2) is 88.2 Å². The van der Waals surface area contributed by atoms with Crippen LogP contribution in [-0.2, 0) is 7.05 Å². The zero-order valence-electron chi connectivity index (χ0n) is 14.8. The van der Waals surface area contributed by atoms with E-state index in [1.165, 1.54) is 10.6 Å². The SMILES string of the molecule is Cn1ccc(C(=O)N[C@H](c2ccccc2)c2cc3ccccc3o2)cc1=O. The van der Waals surface area contributed by atoms with E-state index in [4.69, 9.17) is 4.42 Å². The minimum absolute atomic E-state index is 0.234. The molecule has 0 radical (unpaired) electrons. The van der Waals surface area contributed by atoms with Gasteiger partial charge in [-0.15, -0.1) is 0 Å². The van der Waals surface area contributed by atoms with Crippen LogP contribution in [0.3, 0.4) is 0 Å². The summed E-state index contributed by atoms with van der Waals surface area (Å²) in [6.07, 6.45) is 1.58. The highest BCUT2D eigenvalue weighted by molar-refractivity contribution is 5.94. The normalized spacial score (nSPS) is 12.0. The van der Waals surface area contributed by atoms with Crippen molar-refractivity contribution in [2.24, 2.45) is 7.05 Å². The maximum absolute atomic E-state index is 12.8. The molecule has 0 saturated heterocycles. The molecule has 0 aliphatic heterocycles. The third-order valence-corrected chi connectivity index (χ3v) is 4.50. The number of furan rings is 1. The highest BCUT2D eigenvalue weighted by Crippen LogP contribution is 2.28. The van der Waals surface area contributed by atoms with Crippen molar-refractivity contribution in [2.45, 2.75) is 6.04 Å². The van der Waals surface area contributed by atoms with Crippen molar-refractivity contribution in [1.82, 2.24) is 9.88 Å². The van der Waals surface area contributed by atoms with E-state index in [2.05, 4.69) is 5.32 Å². The summed E-state index contributed by atoms with van der Waals surface area (Å²) in [6, 6.07) is 21.7. The smallest absolute Gasteiger partial charge is 0.252 e. The lowest BCUT2D eigenvalue weighted by Crippen LogP contribution is -2.30. The van der Waals surface area contributed by atoms with Gasteiger partial charge in [-0.05, 0) is 23.8 Å². The Kier molecular flexibility index (Phi) is 4.34. The maximum atomic E-state index is 12.8. The summed E-state index contributed by atoms with van der Waals surface area (Å²) >= 11 is 0. The van der Waals surface area contributed by atoms with Gasteiger partial charge in [0.05, 0.1) is 0 Å². The number of aryl methyl sites for hydroxylation is 1. The quantitative estimate of drug-likeness (QED) is 0.606. The Morgan fingerprint density at radius 1 is 1.00 bits per heavy atom. The molecule has 0 aliphatic rings. The average molecular weight is 358 g/mol. The fourth-order valence-corrected chi connectivity index (χ4v) is 3.01. The standard InChI is InChI=1S/C22H18N2O3/c1-24-12-11-17(14-20(24)25)22(26)23-21(15-7-3-2-4-8-15)19-13-16-9-5-6-10-18(16)27-19/h2-14,21H,1H3,(H,23,26)/t21-/m1/s1. The Labute approximate surface area is 155 Å². The molecule has 134 valence electrons. The van der Waals surface area contributed by atoms with Gasteiger partial charge in [-0.2, -0.15) is 0 Å². The minimum Gasteiger partial charge on any atom is -0.459 e. The fourth-order valence-electron chi connectivity index (χ4n) is 3.01. The van der Waals surface area contributed by atoms with Gasteiger partial charge < -0.3 is 14.3 Å². The predicted molar refractivity (Wildman–Crippen MR) is 104 cm³/mol. The third-order valence-electron chi connectivity index (χ3n) is 4.50. The molecule has 4 aromatic rings. The number of fused-ring (bicyclic) bond motifs is 1. The number of para-hydroxylation sites is 1. The van der Waals surface area contributed by atoms with Gasteiger partial charge in [0.15, 0.2) is 0 Å². The highest BCUT2D eigenvalue weighted by Gasteiger charge is 2.21. The molecule has 0 unspecified atom stereocenters. The van der Waals surface area contributed by atoms with E-state index in [-0.39, 0.29) is 11.5 Å². The number of carbonyl (C=O) groups excluding carboxylic acids is 1. The topological polar surface area (TPSA) is 64.2 Å². The number of carbonyl (C=O) groups is 1. The fraction of sp³-hybridized carbons (Fsp3) is 0.0909. The molecular weight excluding hydrogens is 340 g/mol. The molecule has 1 N–H and O–H groups in total. The lowest BCUT2D eigenvalue weighted by atomic mass is 10.0. The molecule has 0 spiro atoms. The van der Waals surface area contributed by atoms with E-state index in [1.807, 2.05) is 60.7 Å². The van der Waals surface area contributed by atoms with Gasteiger partial charge in [-0.1, -0.05) is 48.5 Å². The molecule has 0 bridgehead atoms. The van der Waals surface area contributed by atoms with E-state index < -0.39 is 6.04 Å². The zero-order chi connectivity index (χ0) is 18.8. The summed E-state index contributed by atoms with van der Waals surface area (Å²) in [5, 5.41) is 3.96. The molecule has 27 heavy (non-hydrogen) atoms. The van der Waals surface area contributed by atoms with Crippen molar-refractivity contribution in [2.75, 3.05) is 0 Å². The monoisotopic (exact) mass is 358 g/mol. The highest BCUT2D eigenvalue weighted by atomic mass is 16.3. The summed E-state index contributed by atoms with van der Waals surface area (Å²) in [6.45, 7) is 0. The second-order valence-electron chi connectivity index (χ2n) is 6.37. The molecule has 1 atom stereocenters. The Bertz CT molecular complexity index is 1130. The van der Waals surface area contributed by atoms with Gasteiger partial charge in [-0.25, -0.2) is 0 Å². The Morgan fingerprint density at radius 3 is 2.48 bits per heavy atom. The molecule has 0 saturated carbocycles. The van der Waals surface area contributed by atoms with Gasteiger partial charge in [0, 0.05) is 30.3 Å². The number of amides is 1. The van der Waals surface area contributed by atoms with Crippen molar-refractivity contribution in [3.8, 4) is 0 Å². The number of nitrogens with zero attached hydrogens (tertiary/aromatic N) is 1. The zero-order valence-corrected chi connectivity index (χ0v) is 14.8. The molecule has 2 heterocycles. The Balaban J connectivity index is 1.73. The van der Waals surface area contributed by atoms with Crippen molar-refractivity contribution < 1.29 is 9.21 Å². The van der Waals surface area contributed by atoms with Gasteiger partial charge >= 0.3 is 0 Å².